The van der Waals surface area contributed by atoms with E-state index < -0.39 is 9.84 Å². The SMILES string of the molecule is CCS(=O)(=O)c1ccccc1NC1CC(N)C1. The molecule has 0 atom stereocenters. The Balaban J connectivity index is 2.22. The van der Waals surface area contributed by atoms with Gasteiger partial charge in [0.05, 0.1) is 16.3 Å². The van der Waals surface area contributed by atoms with Gasteiger partial charge in [-0.3, -0.25) is 0 Å². The molecule has 1 saturated carbocycles. The van der Waals surface area contributed by atoms with Crippen molar-refractivity contribution in [2.75, 3.05) is 11.1 Å². The smallest absolute Gasteiger partial charge is 0.180 e. The Labute approximate surface area is 102 Å². The molecule has 1 aromatic rings. The molecule has 0 aromatic heterocycles. The van der Waals surface area contributed by atoms with E-state index in [1.807, 2.05) is 12.1 Å². The van der Waals surface area contributed by atoms with E-state index in [4.69, 9.17) is 5.73 Å². The molecule has 2 rings (SSSR count). The minimum atomic E-state index is -3.17. The molecule has 17 heavy (non-hydrogen) atoms. The quantitative estimate of drug-likeness (QED) is 0.851. The lowest BCUT2D eigenvalue weighted by Crippen LogP contribution is -2.44. The summed E-state index contributed by atoms with van der Waals surface area (Å²) in [7, 11) is -3.17. The van der Waals surface area contributed by atoms with E-state index in [2.05, 4.69) is 5.32 Å². The zero-order valence-corrected chi connectivity index (χ0v) is 10.7. The van der Waals surface area contributed by atoms with Crippen LogP contribution in [0.15, 0.2) is 29.2 Å². The lowest BCUT2D eigenvalue weighted by molar-refractivity contribution is 0.373. The largest absolute Gasteiger partial charge is 0.381 e. The average molecular weight is 254 g/mol. The Morgan fingerprint density at radius 3 is 2.59 bits per heavy atom. The molecule has 4 nitrogen and oxygen atoms in total. The highest BCUT2D eigenvalue weighted by Crippen LogP contribution is 2.27. The van der Waals surface area contributed by atoms with Gasteiger partial charge in [0, 0.05) is 12.1 Å². The first-order valence-corrected chi connectivity index (χ1v) is 7.52. The van der Waals surface area contributed by atoms with Gasteiger partial charge in [0.1, 0.15) is 0 Å². The molecule has 0 spiro atoms. The number of para-hydroxylation sites is 1. The summed E-state index contributed by atoms with van der Waals surface area (Å²) in [5, 5.41) is 3.26. The van der Waals surface area contributed by atoms with Crippen LogP contribution in [0, 0.1) is 0 Å². The molecule has 94 valence electrons. The second-order valence-corrected chi connectivity index (χ2v) is 6.72. The lowest BCUT2D eigenvalue weighted by Gasteiger charge is -2.34. The van der Waals surface area contributed by atoms with Crippen LogP contribution in [0.3, 0.4) is 0 Å². The summed E-state index contributed by atoms with van der Waals surface area (Å²) in [6, 6.07) is 7.61. The minimum absolute atomic E-state index is 0.121. The van der Waals surface area contributed by atoms with Gasteiger partial charge >= 0.3 is 0 Å². The summed E-state index contributed by atoms with van der Waals surface area (Å²) in [5.74, 6) is 0.121. The Hall–Kier alpha value is -1.07. The Morgan fingerprint density at radius 2 is 2.00 bits per heavy atom. The first kappa shape index (κ1) is 12.4. The fraction of sp³-hybridized carbons (Fsp3) is 0.500. The molecule has 0 bridgehead atoms. The van der Waals surface area contributed by atoms with E-state index in [9.17, 15) is 8.42 Å². The Morgan fingerprint density at radius 1 is 1.35 bits per heavy atom. The van der Waals surface area contributed by atoms with Crippen LogP contribution in [0.2, 0.25) is 0 Å². The average Bonchev–Trinajstić information content (AvgIpc) is 2.27. The second-order valence-electron chi connectivity index (χ2n) is 4.47. The van der Waals surface area contributed by atoms with Crippen molar-refractivity contribution in [2.45, 2.75) is 36.7 Å². The van der Waals surface area contributed by atoms with Crippen molar-refractivity contribution in [3.05, 3.63) is 24.3 Å². The first-order chi connectivity index (χ1) is 8.03. The fourth-order valence-corrected chi connectivity index (χ4v) is 3.07. The first-order valence-electron chi connectivity index (χ1n) is 5.87. The van der Waals surface area contributed by atoms with Crippen LogP contribution in [-0.2, 0) is 9.84 Å². The van der Waals surface area contributed by atoms with Gasteiger partial charge in [-0.1, -0.05) is 19.1 Å². The van der Waals surface area contributed by atoms with Crippen LogP contribution < -0.4 is 11.1 Å². The number of anilines is 1. The van der Waals surface area contributed by atoms with Crippen LogP contribution >= 0.6 is 0 Å². The highest BCUT2D eigenvalue weighted by Gasteiger charge is 2.27. The molecule has 0 amide bonds. The molecule has 0 aliphatic heterocycles. The summed E-state index contributed by atoms with van der Waals surface area (Å²) in [6.45, 7) is 1.66. The number of rotatable bonds is 4. The molecule has 0 saturated heterocycles. The van der Waals surface area contributed by atoms with Gasteiger partial charge in [-0.25, -0.2) is 8.42 Å². The lowest BCUT2D eigenvalue weighted by atomic mass is 9.87. The molecule has 0 unspecified atom stereocenters. The van der Waals surface area contributed by atoms with E-state index >= 15 is 0 Å². The van der Waals surface area contributed by atoms with Gasteiger partial charge < -0.3 is 11.1 Å². The Kier molecular flexibility index (Phi) is 3.40. The van der Waals surface area contributed by atoms with Crippen molar-refractivity contribution in [2.24, 2.45) is 5.73 Å². The van der Waals surface area contributed by atoms with E-state index in [0.29, 0.717) is 16.6 Å². The monoisotopic (exact) mass is 254 g/mol. The van der Waals surface area contributed by atoms with Gasteiger partial charge in [-0.15, -0.1) is 0 Å². The molecule has 1 aliphatic carbocycles. The third-order valence-electron chi connectivity index (χ3n) is 3.14. The highest BCUT2D eigenvalue weighted by atomic mass is 32.2. The van der Waals surface area contributed by atoms with Crippen molar-refractivity contribution in [1.82, 2.24) is 0 Å². The molecule has 0 heterocycles. The standard InChI is InChI=1S/C12H18N2O2S/c1-2-17(15,16)12-6-4-3-5-11(12)14-10-7-9(13)8-10/h3-6,9-10,14H,2,7-8,13H2,1H3. The van der Waals surface area contributed by atoms with Gasteiger partial charge in [-0.05, 0) is 25.0 Å². The van der Waals surface area contributed by atoms with Crippen LogP contribution in [0.25, 0.3) is 0 Å². The predicted molar refractivity (Wildman–Crippen MR) is 68.8 cm³/mol. The van der Waals surface area contributed by atoms with Crippen molar-refractivity contribution in [1.29, 1.82) is 0 Å². The zero-order chi connectivity index (χ0) is 12.5. The molecular formula is C12H18N2O2S. The maximum absolute atomic E-state index is 11.9. The van der Waals surface area contributed by atoms with Crippen LogP contribution in [-0.4, -0.2) is 26.3 Å². The maximum atomic E-state index is 11.9. The molecule has 0 radical (unpaired) electrons. The van der Waals surface area contributed by atoms with E-state index in [1.54, 1.807) is 19.1 Å². The number of nitrogens with two attached hydrogens (primary N) is 1. The van der Waals surface area contributed by atoms with Crippen LogP contribution in [0.5, 0.6) is 0 Å². The maximum Gasteiger partial charge on any atom is 0.180 e. The molecular weight excluding hydrogens is 236 g/mol. The zero-order valence-electron chi connectivity index (χ0n) is 9.89. The van der Waals surface area contributed by atoms with Gasteiger partial charge in [0.25, 0.3) is 0 Å². The van der Waals surface area contributed by atoms with Crippen molar-refractivity contribution in [3.63, 3.8) is 0 Å². The molecule has 1 fully saturated rings. The highest BCUT2D eigenvalue weighted by molar-refractivity contribution is 7.91. The van der Waals surface area contributed by atoms with Gasteiger partial charge in [-0.2, -0.15) is 0 Å². The summed E-state index contributed by atoms with van der Waals surface area (Å²) in [6.07, 6.45) is 1.81. The topological polar surface area (TPSA) is 72.2 Å². The molecule has 1 aromatic carbocycles. The van der Waals surface area contributed by atoms with Crippen LogP contribution in [0.1, 0.15) is 19.8 Å². The third-order valence-corrected chi connectivity index (χ3v) is 4.92. The Bertz CT molecular complexity index is 493. The van der Waals surface area contributed by atoms with Crippen molar-refractivity contribution >= 4 is 15.5 Å². The summed E-state index contributed by atoms with van der Waals surface area (Å²) < 4.78 is 23.8. The number of hydrogen-bond donors (Lipinski definition) is 2. The molecule has 3 N–H and O–H groups in total. The number of sulfone groups is 1. The van der Waals surface area contributed by atoms with Crippen molar-refractivity contribution in [3.8, 4) is 0 Å². The molecule has 1 aliphatic rings. The predicted octanol–water partition coefficient (Wildman–Crippen LogP) is 1.38. The summed E-state index contributed by atoms with van der Waals surface area (Å²) in [4.78, 5) is 0.392. The second kappa shape index (κ2) is 4.66. The number of benzene rings is 1. The number of hydrogen-bond acceptors (Lipinski definition) is 4. The van der Waals surface area contributed by atoms with E-state index in [1.165, 1.54) is 0 Å². The third kappa shape index (κ3) is 2.61. The minimum Gasteiger partial charge on any atom is -0.381 e. The van der Waals surface area contributed by atoms with E-state index in [0.717, 1.165) is 12.8 Å². The molecule has 5 heteroatoms. The van der Waals surface area contributed by atoms with E-state index in [-0.39, 0.29) is 11.8 Å². The number of nitrogens with one attached hydrogen (secondary N) is 1. The van der Waals surface area contributed by atoms with Gasteiger partial charge in [0.15, 0.2) is 9.84 Å². The van der Waals surface area contributed by atoms with Crippen molar-refractivity contribution < 1.29 is 8.42 Å². The van der Waals surface area contributed by atoms with Crippen LogP contribution in [0.4, 0.5) is 5.69 Å². The summed E-state index contributed by atoms with van der Waals surface area (Å²) >= 11 is 0. The van der Waals surface area contributed by atoms with Gasteiger partial charge in [0.2, 0.25) is 0 Å². The fourth-order valence-electron chi connectivity index (χ4n) is 2.01. The summed E-state index contributed by atoms with van der Waals surface area (Å²) in [5.41, 5.74) is 6.41. The normalized spacial score (nSPS) is 24.1.